The smallest absolute Gasteiger partial charge is 0.341 e. The van der Waals surface area contributed by atoms with E-state index in [2.05, 4.69) is 0 Å². The summed E-state index contributed by atoms with van der Waals surface area (Å²) in [5.74, 6) is -0.992. The van der Waals surface area contributed by atoms with Gasteiger partial charge in [0.05, 0.1) is 39.6 Å². The number of carbonyl (C=O) groups excluding carboxylic acids is 3. The molecule has 7 nitrogen and oxygen atoms in total. The van der Waals surface area contributed by atoms with Crippen molar-refractivity contribution in [3.05, 3.63) is 100 Å². The first-order valence-corrected chi connectivity index (χ1v) is 10.3. The van der Waals surface area contributed by atoms with E-state index in [-0.39, 0.29) is 0 Å². The van der Waals surface area contributed by atoms with Crippen molar-refractivity contribution in [2.75, 3.05) is 28.4 Å². The van der Waals surface area contributed by atoms with E-state index in [1.165, 1.54) is 28.4 Å². The molecule has 0 radical (unpaired) electrons. The molecule has 0 bridgehead atoms. The van der Waals surface area contributed by atoms with E-state index in [0.717, 1.165) is 22.3 Å². The normalized spacial score (nSPS) is 10.9. The van der Waals surface area contributed by atoms with Crippen molar-refractivity contribution in [1.82, 2.24) is 0 Å². The summed E-state index contributed by atoms with van der Waals surface area (Å²) in [5.41, 5.74) is 4.38. The Kier molecular flexibility index (Phi) is 7.82. The molecule has 0 aliphatic rings. The molecule has 3 aromatic carbocycles. The second-order valence-corrected chi connectivity index (χ2v) is 7.15. The zero-order valence-electron chi connectivity index (χ0n) is 19.3. The summed E-state index contributed by atoms with van der Waals surface area (Å²) in [6.45, 7) is 0. The van der Waals surface area contributed by atoms with Gasteiger partial charge in [-0.15, -0.1) is 0 Å². The molecule has 3 rings (SSSR count). The van der Waals surface area contributed by atoms with Crippen molar-refractivity contribution in [3.63, 3.8) is 0 Å². The summed E-state index contributed by atoms with van der Waals surface area (Å²) in [5, 5.41) is 0. The van der Waals surface area contributed by atoms with E-state index < -0.39 is 17.9 Å². The molecule has 0 saturated carbocycles. The number of rotatable bonds is 7. The SMILES string of the molecule is COC(=O)c1ccc(/C=C(\c2ccc(C(=O)OC)cc2)c2ccc(C(=O)OC)c(OC)c2)cc1. The third kappa shape index (κ3) is 5.32. The Bertz CT molecular complexity index is 1220. The molecule has 0 spiro atoms. The Morgan fingerprint density at radius 3 is 1.56 bits per heavy atom. The largest absolute Gasteiger partial charge is 0.496 e. The van der Waals surface area contributed by atoms with Gasteiger partial charge in [0.15, 0.2) is 0 Å². The van der Waals surface area contributed by atoms with Crippen LogP contribution in [0.2, 0.25) is 0 Å². The maximum Gasteiger partial charge on any atom is 0.341 e. The summed E-state index contributed by atoms with van der Waals surface area (Å²) in [7, 11) is 5.44. The Hall–Kier alpha value is -4.39. The highest BCUT2D eigenvalue weighted by molar-refractivity contribution is 5.97. The molecule has 0 saturated heterocycles. The minimum Gasteiger partial charge on any atom is -0.496 e. The van der Waals surface area contributed by atoms with E-state index >= 15 is 0 Å². The first kappa shape index (κ1) is 24.3. The molecule has 0 N–H and O–H groups in total. The van der Waals surface area contributed by atoms with Gasteiger partial charge in [0.25, 0.3) is 0 Å². The van der Waals surface area contributed by atoms with Crippen LogP contribution in [0, 0.1) is 0 Å². The maximum absolute atomic E-state index is 12.1. The van der Waals surface area contributed by atoms with E-state index in [9.17, 15) is 14.4 Å². The fourth-order valence-corrected chi connectivity index (χ4v) is 3.37. The van der Waals surface area contributed by atoms with Gasteiger partial charge in [-0.3, -0.25) is 0 Å². The lowest BCUT2D eigenvalue weighted by atomic mass is 9.93. The molecule has 0 atom stereocenters. The van der Waals surface area contributed by atoms with Crippen LogP contribution in [0.4, 0.5) is 0 Å². The molecule has 0 unspecified atom stereocenters. The number of hydrogen-bond acceptors (Lipinski definition) is 7. The summed E-state index contributed by atoms with van der Waals surface area (Å²) in [6.07, 6.45) is 1.93. The maximum atomic E-state index is 12.1. The van der Waals surface area contributed by atoms with E-state index in [1.807, 2.05) is 18.2 Å². The van der Waals surface area contributed by atoms with Crippen LogP contribution >= 0.6 is 0 Å². The lowest BCUT2D eigenvalue weighted by Gasteiger charge is -2.13. The fraction of sp³-hybridized carbons (Fsp3) is 0.148. The van der Waals surface area contributed by atoms with Gasteiger partial charge in [-0.1, -0.05) is 30.3 Å². The second-order valence-electron chi connectivity index (χ2n) is 7.15. The number of carbonyl (C=O) groups is 3. The number of hydrogen-bond donors (Lipinski definition) is 0. The Balaban J connectivity index is 2.12. The Labute approximate surface area is 197 Å². The molecule has 3 aromatic rings. The molecular formula is C27H24O7. The zero-order valence-corrected chi connectivity index (χ0v) is 19.3. The van der Waals surface area contributed by atoms with Crippen molar-refractivity contribution in [3.8, 4) is 5.75 Å². The Morgan fingerprint density at radius 1 is 0.588 bits per heavy atom. The summed E-state index contributed by atoms with van der Waals surface area (Å²) in [4.78, 5) is 35.7. The molecule has 0 fully saturated rings. The minimum atomic E-state index is -0.505. The van der Waals surface area contributed by atoms with Gasteiger partial charge in [0, 0.05) is 0 Å². The van der Waals surface area contributed by atoms with Gasteiger partial charge < -0.3 is 18.9 Å². The summed E-state index contributed by atoms with van der Waals surface area (Å²) in [6, 6.07) is 19.1. The van der Waals surface area contributed by atoms with E-state index in [0.29, 0.717) is 22.4 Å². The van der Waals surface area contributed by atoms with E-state index in [4.69, 9.17) is 18.9 Å². The molecule has 174 valence electrons. The monoisotopic (exact) mass is 460 g/mol. The van der Waals surface area contributed by atoms with Gasteiger partial charge in [0.2, 0.25) is 0 Å². The van der Waals surface area contributed by atoms with Crippen LogP contribution in [0.5, 0.6) is 5.75 Å². The van der Waals surface area contributed by atoms with Crippen LogP contribution in [0.25, 0.3) is 11.6 Å². The number of benzene rings is 3. The fourth-order valence-electron chi connectivity index (χ4n) is 3.37. The third-order valence-electron chi connectivity index (χ3n) is 5.18. The van der Waals surface area contributed by atoms with E-state index in [1.54, 1.807) is 54.6 Å². The third-order valence-corrected chi connectivity index (χ3v) is 5.18. The highest BCUT2D eigenvalue weighted by atomic mass is 16.5. The molecular weight excluding hydrogens is 436 g/mol. The van der Waals surface area contributed by atoms with Crippen molar-refractivity contribution in [2.24, 2.45) is 0 Å². The zero-order chi connectivity index (χ0) is 24.7. The van der Waals surface area contributed by atoms with Crippen LogP contribution < -0.4 is 4.74 Å². The van der Waals surface area contributed by atoms with Crippen molar-refractivity contribution >= 4 is 29.6 Å². The number of esters is 3. The van der Waals surface area contributed by atoms with Crippen LogP contribution in [-0.4, -0.2) is 46.3 Å². The molecule has 0 aliphatic carbocycles. The Morgan fingerprint density at radius 2 is 1.06 bits per heavy atom. The average Bonchev–Trinajstić information content (AvgIpc) is 2.90. The van der Waals surface area contributed by atoms with Gasteiger partial charge in [-0.25, -0.2) is 14.4 Å². The molecule has 0 aliphatic heterocycles. The molecule has 0 aromatic heterocycles. The molecule has 0 heterocycles. The molecule has 0 amide bonds. The van der Waals surface area contributed by atoms with Crippen LogP contribution in [0.15, 0.2) is 66.7 Å². The summed E-state index contributed by atoms with van der Waals surface area (Å²) < 4.78 is 19.8. The first-order valence-electron chi connectivity index (χ1n) is 10.3. The topological polar surface area (TPSA) is 88.1 Å². The van der Waals surface area contributed by atoms with Gasteiger partial charge in [0.1, 0.15) is 11.3 Å². The predicted octanol–water partition coefficient (Wildman–Crippen LogP) is 4.64. The second kappa shape index (κ2) is 11.0. The quantitative estimate of drug-likeness (QED) is 0.288. The van der Waals surface area contributed by atoms with Crippen LogP contribution in [0.1, 0.15) is 47.8 Å². The van der Waals surface area contributed by atoms with Crippen LogP contribution in [0.3, 0.4) is 0 Å². The van der Waals surface area contributed by atoms with Crippen molar-refractivity contribution in [2.45, 2.75) is 0 Å². The molecule has 34 heavy (non-hydrogen) atoms. The van der Waals surface area contributed by atoms with Crippen LogP contribution in [-0.2, 0) is 14.2 Å². The number of methoxy groups -OCH3 is 4. The predicted molar refractivity (Wildman–Crippen MR) is 127 cm³/mol. The molecule has 7 heteroatoms. The highest BCUT2D eigenvalue weighted by Crippen LogP contribution is 2.31. The summed E-state index contributed by atoms with van der Waals surface area (Å²) >= 11 is 0. The number of ether oxygens (including phenoxy) is 4. The lowest BCUT2D eigenvalue weighted by molar-refractivity contribution is 0.0589. The highest BCUT2D eigenvalue weighted by Gasteiger charge is 2.16. The lowest BCUT2D eigenvalue weighted by Crippen LogP contribution is -2.05. The average molecular weight is 460 g/mol. The van der Waals surface area contributed by atoms with Gasteiger partial charge in [-0.05, 0) is 64.7 Å². The van der Waals surface area contributed by atoms with Gasteiger partial charge >= 0.3 is 17.9 Å². The van der Waals surface area contributed by atoms with Crippen molar-refractivity contribution in [1.29, 1.82) is 0 Å². The van der Waals surface area contributed by atoms with Gasteiger partial charge in [-0.2, -0.15) is 0 Å². The van der Waals surface area contributed by atoms with Crippen molar-refractivity contribution < 1.29 is 33.3 Å². The first-order chi connectivity index (χ1) is 16.4. The minimum absolute atomic E-state index is 0.302. The standard InChI is InChI=1S/C27H24O7/c1-31-24-16-21(13-14-22(24)27(30)34-4)23(18-9-11-20(12-10-18)26(29)33-3)15-17-5-7-19(8-6-17)25(28)32-2/h5-16H,1-4H3/b23-15+.